The third-order valence-electron chi connectivity index (χ3n) is 3.06. The monoisotopic (exact) mass is 306 g/mol. The van der Waals surface area contributed by atoms with Crippen molar-refractivity contribution in [1.29, 1.82) is 0 Å². The topological polar surface area (TPSA) is 88.8 Å². The summed E-state index contributed by atoms with van der Waals surface area (Å²) in [4.78, 5) is 16.2. The summed E-state index contributed by atoms with van der Waals surface area (Å²) in [7, 11) is 0. The first-order valence-electron chi connectivity index (χ1n) is 7.45. The van der Waals surface area contributed by atoms with Gasteiger partial charge < -0.3 is 15.2 Å². The molecule has 22 heavy (non-hydrogen) atoms. The molecular weight excluding hydrogens is 284 g/mol. The van der Waals surface area contributed by atoms with Gasteiger partial charge in [0.1, 0.15) is 0 Å². The van der Waals surface area contributed by atoms with Crippen molar-refractivity contribution in [2.24, 2.45) is 0 Å². The summed E-state index contributed by atoms with van der Waals surface area (Å²) in [6, 6.07) is 1.64. The van der Waals surface area contributed by atoms with Crippen LogP contribution in [0.4, 0.5) is 0 Å². The Hall–Kier alpha value is -1.99. The van der Waals surface area contributed by atoms with Crippen LogP contribution in [0.3, 0.4) is 0 Å². The van der Waals surface area contributed by atoms with Crippen LogP contribution in [0.5, 0.6) is 0 Å². The van der Waals surface area contributed by atoms with E-state index >= 15 is 0 Å². The number of nitrogens with zero attached hydrogens (tertiary/aromatic N) is 3. The number of rotatable bonds is 8. The summed E-state index contributed by atoms with van der Waals surface area (Å²) in [5.74, 6) is -0.223. The molecule has 0 fully saturated rings. The number of aromatic nitrogens is 3. The molecule has 0 saturated carbocycles. The maximum absolute atomic E-state index is 12.0. The molecule has 7 nitrogen and oxygen atoms in total. The lowest BCUT2D eigenvalue weighted by atomic mass is 10.2. The van der Waals surface area contributed by atoms with Gasteiger partial charge in [-0.1, -0.05) is 0 Å². The second kappa shape index (κ2) is 7.86. The number of hydrogen-bond donors (Lipinski definition) is 2. The van der Waals surface area contributed by atoms with E-state index in [1.165, 1.54) is 0 Å². The normalized spacial score (nSPS) is 11.3. The molecule has 0 aliphatic rings. The van der Waals surface area contributed by atoms with Gasteiger partial charge in [0.2, 0.25) is 0 Å². The Balaban J connectivity index is 1.91. The van der Waals surface area contributed by atoms with Gasteiger partial charge in [0.25, 0.3) is 5.91 Å². The molecule has 2 aromatic rings. The molecule has 0 bridgehead atoms. The average molecular weight is 306 g/mol. The summed E-state index contributed by atoms with van der Waals surface area (Å²) in [6.45, 7) is 5.18. The van der Waals surface area contributed by atoms with Gasteiger partial charge in [0.15, 0.2) is 11.3 Å². The Kier molecular flexibility index (Phi) is 5.85. The van der Waals surface area contributed by atoms with E-state index in [4.69, 9.17) is 9.84 Å². The van der Waals surface area contributed by atoms with Crippen LogP contribution in [-0.4, -0.2) is 51.5 Å². The third kappa shape index (κ3) is 4.51. The van der Waals surface area contributed by atoms with Crippen LogP contribution in [0.2, 0.25) is 0 Å². The predicted molar refractivity (Wildman–Crippen MR) is 81.8 cm³/mol. The molecule has 0 spiro atoms. The van der Waals surface area contributed by atoms with Crippen molar-refractivity contribution in [2.75, 3.05) is 19.8 Å². The smallest absolute Gasteiger partial charge is 0.271 e. The first kappa shape index (κ1) is 16.4. The zero-order chi connectivity index (χ0) is 15.9. The molecule has 0 aliphatic heterocycles. The van der Waals surface area contributed by atoms with Gasteiger partial charge in [0.05, 0.1) is 6.10 Å². The molecule has 2 N–H and O–H groups in total. The number of carbonyl (C=O) groups excluding carboxylic acids is 1. The number of ether oxygens (including phenoxy) is 1. The van der Waals surface area contributed by atoms with Gasteiger partial charge in [-0.2, -0.15) is 5.10 Å². The second-order valence-electron chi connectivity index (χ2n) is 5.30. The lowest BCUT2D eigenvalue weighted by Gasteiger charge is -2.07. The largest absolute Gasteiger partial charge is 0.396 e. The molecule has 0 radical (unpaired) electrons. The molecule has 0 aromatic carbocycles. The van der Waals surface area contributed by atoms with Gasteiger partial charge in [-0.3, -0.25) is 4.79 Å². The van der Waals surface area contributed by atoms with Crippen LogP contribution < -0.4 is 5.32 Å². The maximum atomic E-state index is 12.0. The van der Waals surface area contributed by atoms with E-state index in [9.17, 15) is 4.79 Å². The van der Waals surface area contributed by atoms with E-state index in [0.717, 1.165) is 12.0 Å². The summed E-state index contributed by atoms with van der Waals surface area (Å²) < 4.78 is 6.97. The Bertz CT molecular complexity index is 624. The quantitative estimate of drug-likeness (QED) is 0.705. The highest BCUT2D eigenvalue weighted by atomic mass is 16.5. The highest BCUT2D eigenvalue weighted by Crippen LogP contribution is 2.06. The van der Waals surface area contributed by atoms with Gasteiger partial charge in [0, 0.05) is 38.2 Å². The lowest BCUT2D eigenvalue weighted by molar-refractivity contribution is 0.0756. The fraction of sp³-hybridized carbons (Fsp3) is 0.533. The van der Waals surface area contributed by atoms with Crippen molar-refractivity contribution in [3.05, 3.63) is 29.7 Å². The molecule has 1 amide bonds. The number of hydrogen-bond acceptors (Lipinski definition) is 5. The van der Waals surface area contributed by atoms with E-state index < -0.39 is 0 Å². The van der Waals surface area contributed by atoms with Crippen LogP contribution in [0.15, 0.2) is 18.5 Å². The number of carbonyl (C=O) groups is 1. The molecule has 120 valence electrons. The SMILES string of the molecule is CC(C)OCCCNC(=O)c1cc2ncc(CCO)cn2n1. The third-order valence-corrected chi connectivity index (χ3v) is 3.06. The van der Waals surface area contributed by atoms with Crippen LogP contribution >= 0.6 is 0 Å². The van der Waals surface area contributed by atoms with E-state index in [1.54, 1.807) is 23.0 Å². The molecule has 0 atom stereocenters. The standard InChI is InChI=1S/C15H22N4O3/c1-11(2)22-7-3-5-16-15(21)13-8-14-17-9-12(4-6-20)10-19(14)18-13/h8-11,20H,3-7H2,1-2H3,(H,16,21). The molecule has 2 aromatic heterocycles. The van der Waals surface area contributed by atoms with Crippen LogP contribution in [0, 0.1) is 0 Å². The zero-order valence-electron chi connectivity index (χ0n) is 13.0. The van der Waals surface area contributed by atoms with Gasteiger partial charge in [-0.15, -0.1) is 0 Å². The van der Waals surface area contributed by atoms with Crippen LogP contribution in [0.25, 0.3) is 5.65 Å². The van der Waals surface area contributed by atoms with Crippen molar-refractivity contribution < 1.29 is 14.6 Å². The van der Waals surface area contributed by atoms with Crippen molar-refractivity contribution in [3.8, 4) is 0 Å². The van der Waals surface area contributed by atoms with E-state index in [1.807, 2.05) is 13.8 Å². The van der Waals surface area contributed by atoms with Crippen molar-refractivity contribution in [1.82, 2.24) is 19.9 Å². The Labute approximate surface area is 129 Å². The first-order chi connectivity index (χ1) is 10.6. The van der Waals surface area contributed by atoms with Crippen LogP contribution in [0.1, 0.15) is 36.3 Å². The summed E-state index contributed by atoms with van der Waals surface area (Å²) in [5, 5.41) is 16.0. The molecule has 2 rings (SSSR count). The number of amides is 1. The predicted octanol–water partition coefficient (Wildman–Crippen LogP) is 0.809. The second-order valence-corrected chi connectivity index (χ2v) is 5.30. The first-order valence-corrected chi connectivity index (χ1v) is 7.45. The summed E-state index contributed by atoms with van der Waals surface area (Å²) in [6.07, 6.45) is 4.92. The Morgan fingerprint density at radius 2 is 2.32 bits per heavy atom. The number of nitrogens with one attached hydrogen (secondary N) is 1. The summed E-state index contributed by atoms with van der Waals surface area (Å²) in [5.41, 5.74) is 1.81. The highest BCUT2D eigenvalue weighted by molar-refractivity contribution is 5.93. The van der Waals surface area contributed by atoms with Crippen molar-refractivity contribution in [3.63, 3.8) is 0 Å². The van der Waals surface area contributed by atoms with Gasteiger partial charge >= 0.3 is 0 Å². The van der Waals surface area contributed by atoms with E-state index in [0.29, 0.717) is 30.9 Å². The van der Waals surface area contributed by atoms with Crippen molar-refractivity contribution >= 4 is 11.6 Å². The average Bonchev–Trinajstić information content (AvgIpc) is 2.90. The zero-order valence-corrected chi connectivity index (χ0v) is 13.0. The molecule has 0 unspecified atom stereocenters. The highest BCUT2D eigenvalue weighted by Gasteiger charge is 2.11. The maximum Gasteiger partial charge on any atom is 0.271 e. The Morgan fingerprint density at radius 3 is 3.05 bits per heavy atom. The van der Waals surface area contributed by atoms with Gasteiger partial charge in [-0.05, 0) is 32.3 Å². The number of aliphatic hydroxyl groups is 1. The minimum Gasteiger partial charge on any atom is -0.396 e. The Morgan fingerprint density at radius 1 is 1.50 bits per heavy atom. The van der Waals surface area contributed by atoms with E-state index in [-0.39, 0.29) is 18.6 Å². The van der Waals surface area contributed by atoms with E-state index in [2.05, 4.69) is 15.4 Å². The molecule has 2 heterocycles. The number of aliphatic hydroxyl groups excluding tert-OH is 1. The minimum absolute atomic E-state index is 0.0558. The fourth-order valence-electron chi connectivity index (χ4n) is 1.97. The number of fused-ring (bicyclic) bond motifs is 1. The molecular formula is C15H22N4O3. The molecule has 0 saturated heterocycles. The molecule has 0 aliphatic carbocycles. The summed E-state index contributed by atoms with van der Waals surface area (Å²) >= 11 is 0. The molecule has 7 heteroatoms. The fourth-order valence-corrected chi connectivity index (χ4v) is 1.97. The van der Waals surface area contributed by atoms with Gasteiger partial charge in [-0.25, -0.2) is 9.50 Å². The lowest BCUT2D eigenvalue weighted by Crippen LogP contribution is -2.26. The van der Waals surface area contributed by atoms with Crippen molar-refractivity contribution in [2.45, 2.75) is 32.8 Å². The van der Waals surface area contributed by atoms with Crippen LogP contribution in [-0.2, 0) is 11.2 Å². The minimum atomic E-state index is -0.223.